The van der Waals surface area contributed by atoms with Crippen LogP contribution in [0.1, 0.15) is 13.3 Å². The fraction of sp³-hybridized carbons (Fsp3) is 0.909. The van der Waals surface area contributed by atoms with Crippen LogP contribution in [0.5, 0.6) is 0 Å². The predicted octanol–water partition coefficient (Wildman–Crippen LogP) is 0.595. The Balaban J connectivity index is 2.24. The van der Waals surface area contributed by atoms with Gasteiger partial charge in [-0.05, 0) is 25.9 Å². The Labute approximate surface area is 105 Å². The zero-order valence-electron chi connectivity index (χ0n) is 10.7. The average molecular weight is 267 g/mol. The normalized spacial score (nSPS) is 26.1. The second-order valence-corrected chi connectivity index (χ2v) is 4.92. The van der Waals surface area contributed by atoms with E-state index in [1.54, 1.807) is 0 Å². The molecule has 4 nitrogen and oxygen atoms in total. The van der Waals surface area contributed by atoms with E-state index in [0.717, 1.165) is 19.5 Å². The molecule has 2 N–H and O–H groups in total. The summed E-state index contributed by atoms with van der Waals surface area (Å²) in [4.78, 5) is 13.6. The van der Waals surface area contributed by atoms with Crippen molar-refractivity contribution in [1.29, 1.82) is 0 Å². The molecule has 7 heteroatoms. The van der Waals surface area contributed by atoms with E-state index < -0.39 is 12.7 Å². The largest absolute Gasteiger partial charge is 0.401 e. The number of amides is 1. The molecule has 1 rings (SSSR count). The standard InChI is InChI=1S/C11H20F3N3O/c1-8-6-17(2)4-3-9(8)16-10(18)5-15-7-11(12,13)14/h8-9,15H,3-7H2,1-2H3,(H,16,18). The van der Waals surface area contributed by atoms with Crippen LogP contribution in [0.15, 0.2) is 0 Å². The van der Waals surface area contributed by atoms with Crippen molar-refractivity contribution in [2.75, 3.05) is 33.2 Å². The lowest BCUT2D eigenvalue weighted by Crippen LogP contribution is -2.51. The van der Waals surface area contributed by atoms with E-state index in [2.05, 4.69) is 15.5 Å². The molecule has 0 aromatic heterocycles. The third-order valence-corrected chi connectivity index (χ3v) is 3.07. The molecular weight excluding hydrogens is 247 g/mol. The van der Waals surface area contributed by atoms with Crippen molar-refractivity contribution in [3.8, 4) is 0 Å². The van der Waals surface area contributed by atoms with Crippen LogP contribution in [-0.2, 0) is 4.79 Å². The Morgan fingerprint density at radius 2 is 2.11 bits per heavy atom. The number of rotatable bonds is 4. The van der Waals surface area contributed by atoms with Gasteiger partial charge in [0, 0.05) is 12.6 Å². The Morgan fingerprint density at radius 3 is 2.67 bits per heavy atom. The van der Waals surface area contributed by atoms with E-state index in [9.17, 15) is 18.0 Å². The van der Waals surface area contributed by atoms with Crippen LogP contribution in [0, 0.1) is 5.92 Å². The molecule has 2 atom stereocenters. The van der Waals surface area contributed by atoms with Crippen LogP contribution >= 0.6 is 0 Å². The third-order valence-electron chi connectivity index (χ3n) is 3.07. The second kappa shape index (κ2) is 6.38. The van der Waals surface area contributed by atoms with Gasteiger partial charge in [0.2, 0.25) is 5.91 Å². The molecule has 106 valence electrons. The highest BCUT2D eigenvalue weighted by atomic mass is 19.4. The Hall–Kier alpha value is -0.820. The summed E-state index contributed by atoms with van der Waals surface area (Å²) >= 11 is 0. The zero-order valence-corrected chi connectivity index (χ0v) is 10.7. The van der Waals surface area contributed by atoms with Gasteiger partial charge in [0.15, 0.2) is 0 Å². The summed E-state index contributed by atoms with van der Waals surface area (Å²) in [5.41, 5.74) is 0. The fourth-order valence-electron chi connectivity index (χ4n) is 2.14. The molecule has 0 bridgehead atoms. The van der Waals surface area contributed by atoms with E-state index in [1.807, 2.05) is 14.0 Å². The van der Waals surface area contributed by atoms with Crippen LogP contribution < -0.4 is 10.6 Å². The maximum atomic E-state index is 11.9. The number of nitrogens with one attached hydrogen (secondary N) is 2. The van der Waals surface area contributed by atoms with Crippen molar-refractivity contribution in [1.82, 2.24) is 15.5 Å². The second-order valence-electron chi connectivity index (χ2n) is 4.92. The van der Waals surface area contributed by atoms with Crippen LogP contribution in [0.3, 0.4) is 0 Å². The molecule has 1 saturated heterocycles. The van der Waals surface area contributed by atoms with Crippen LogP contribution in [-0.4, -0.2) is 56.3 Å². The van der Waals surface area contributed by atoms with Crippen molar-refractivity contribution in [2.45, 2.75) is 25.6 Å². The number of carbonyl (C=O) groups excluding carboxylic acids is 1. The Bertz CT molecular complexity index is 283. The first-order valence-corrected chi connectivity index (χ1v) is 6.03. The highest BCUT2D eigenvalue weighted by Crippen LogP contribution is 2.15. The third kappa shape index (κ3) is 5.68. The van der Waals surface area contributed by atoms with Gasteiger partial charge in [-0.3, -0.25) is 4.79 Å². The van der Waals surface area contributed by atoms with Crippen LogP contribution in [0.4, 0.5) is 13.2 Å². The van der Waals surface area contributed by atoms with Crippen molar-refractivity contribution < 1.29 is 18.0 Å². The number of nitrogens with zero attached hydrogens (tertiary/aromatic N) is 1. The molecule has 18 heavy (non-hydrogen) atoms. The molecule has 1 fully saturated rings. The lowest BCUT2D eigenvalue weighted by molar-refractivity contribution is -0.129. The lowest BCUT2D eigenvalue weighted by Gasteiger charge is -2.35. The molecule has 0 aromatic rings. The quantitative estimate of drug-likeness (QED) is 0.784. The molecule has 1 aliphatic heterocycles. The minimum atomic E-state index is -4.28. The number of alkyl halides is 3. The predicted molar refractivity (Wildman–Crippen MR) is 62.1 cm³/mol. The zero-order chi connectivity index (χ0) is 13.8. The van der Waals surface area contributed by atoms with Gasteiger partial charge in [0.05, 0.1) is 13.1 Å². The number of halogens is 3. The van der Waals surface area contributed by atoms with Gasteiger partial charge >= 0.3 is 6.18 Å². The molecule has 0 spiro atoms. The molecule has 0 aromatic carbocycles. The number of likely N-dealkylation sites (tertiary alicyclic amines) is 1. The molecule has 1 aliphatic rings. The number of hydrogen-bond acceptors (Lipinski definition) is 3. The van der Waals surface area contributed by atoms with E-state index in [1.165, 1.54) is 0 Å². The Morgan fingerprint density at radius 1 is 1.44 bits per heavy atom. The summed E-state index contributed by atoms with van der Waals surface area (Å²) in [5.74, 6) is -0.0593. The first kappa shape index (κ1) is 15.2. The van der Waals surface area contributed by atoms with Gasteiger partial charge in [-0.2, -0.15) is 13.2 Å². The number of piperidine rings is 1. The highest BCUT2D eigenvalue weighted by molar-refractivity contribution is 5.78. The maximum Gasteiger partial charge on any atom is 0.401 e. The summed E-state index contributed by atoms with van der Waals surface area (Å²) in [6.07, 6.45) is -3.44. The first-order valence-electron chi connectivity index (χ1n) is 6.03. The lowest BCUT2D eigenvalue weighted by atomic mass is 9.94. The van der Waals surface area contributed by atoms with Crippen LogP contribution in [0.25, 0.3) is 0 Å². The van der Waals surface area contributed by atoms with Gasteiger partial charge in [-0.25, -0.2) is 0 Å². The molecule has 1 amide bonds. The van der Waals surface area contributed by atoms with Gasteiger partial charge in [-0.15, -0.1) is 0 Å². The van der Waals surface area contributed by atoms with Crippen molar-refractivity contribution in [2.24, 2.45) is 5.92 Å². The molecule has 1 heterocycles. The van der Waals surface area contributed by atoms with Gasteiger partial charge < -0.3 is 15.5 Å². The SMILES string of the molecule is CC1CN(C)CCC1NC(=O)CNCC(F)(F)F. The molecule has 0 saturated carbocycles. The van der Waals surface area contributed by atoms with E-state index in [-0.39, 0.29) is 18.5 Å². The van der Waals surface area contributed by atoms with Gasteiger partial charge in [-0.1, -0.05) is 6.92 Å². The summed E-state index contributed by atoms with van der Waals surface area (Å²) in [5, 5.41) is 4.87. The molecule has 2 unspecified atom stereocenters. The van der Waals surface area contributed by atoms with Crippen molar-refractivity contribution in [3.05, 3.63) is 0 Å². The van der Waals surface area contributed by atoms with E-state index in [4.69, 9.17) is 0 Å². The summed E-state index contributed by atoms with van der Waals surface area (Å²) in [6.45, 7) is 2.39. The topological polar surface area (TPSA) is 44.4 Å². The minimum Gasteiger partial charge on any atom is -0.352 e. The highest BCUT2D eigenvalue weighted by Gasteiger charge is 2.28. The van der Waals surface area contributed by atoms with Crippen LogP contribution in [0.2, 0.25) is 0 Å². The smallest absolute Gasteiger partial charge is 0.352 e. The monoisotopic (exact) mass is 267 g/mol. The number of carbonyl (C=O) groups is 1. The van der Waals surface area contributed by atoms with Gasteiger partial charge in [0.1, 0.15) is 0 Å². The molecule has 0 radical (unpaired) electrons. The summed E-state index contributed by atoms with van der Waals surface area (Å²) < 4.78 is 35.6. The fourth-order valence-corrected chi connectivity index (χ4v) is 2.14. The summed E-state index contributed by atoms with van der Waals surface area (Å²) in [6, 6.07) is 0.0568. The molecular formula is C11H20F3N3O. The average Bonchev–Trinajstić information content (AvgIpc) is 2.20. The maximum absolute atomic E-state index is 11.9. The molecule has 0 aliphatic carbocycles. The van der Waals surface area contributed by atoms with E-state index >= 15 is 0 Å². The summed E-state index contributed by atoms with van der Waals surface area (Å²) in [7, 11) is 2.01. The van der Waals surface area contributed by atoms with Crippen molar-refractivity contribution in [3.63, 3.8) is 0 Å². The number of hydrogen-bond donors (Lipinski definition) is 2. The minimum absolute atomic E-state index is 0.0568. The van der Waals surface area contributed by atoms with E-state index in [0.29, 0.717) is 5.92 Å². The van der Waals surface area contributed by atoms with Gasteiger partial charge in [0.25, 0.3) is 0 Å². The first-order chi connectivity index (χ1) is 8.28. The Kier molecular flexibility index (Phi) is 5.40. The van der Waals surface area contributed by atoms with Crippen molar-refractivity contribution >= 4 is 5.91 Å².